The van der Waals surface area contributed by atoms with E-state index in [4.69, 9.17) is 5.73 Å². The molecule has 1 atom stereocenters. The number of piperidine rings is 1. The van der Waals surface area contributed by atoms with Crippen molar-refractivity contribution in [3.63, 3.8) is 0 Å². The van der Waals surface area contributed by atoms with Crippen LogP contribution in [0.2, 0.25) is 0 Å². The number of hydrogen-bond donors (Lipinski definition) is 1. The molecule has 0 radical (unpaired) electrons. The summed E-state index contributed by atoms with van der Waals surface area (Å²) < 4.78 is 1.70. The van der Waals surface area contributed by atoms with Crippen LogP contribution in [0.4, 0.5) is 5.69 Å². The Bertz CT molecular complexity index is 413. The maximum Gasteiger partial charge on any atom is 0.276 e. The van der Waals surface area contributed by atoms with Crippen LogP contribution in [-0.4, -0.2) is 33.7 Å². The maximum atomic E-state index is 12.3. The van der Waals surface area contributed by atoms with Crippen molar-refractivity contribution in [2.45, 2.75) is 33.2 Å². The van der Waals surface area contributed by atoms with Crippen LogP contribution in [0.3, 0.4) is 0 Å². The first-order valence-corrected chi connectivity index (χ1v) is 6.24. The zero-order valence-electron chi connectivity index (χ0n) is 10.5. The zero-order valence-corrected chi connectivity index (χ0v) is 10.5. The molecule has 1 aliphatic heterocycles. The second-order valence-corrected chi connectivity index (χ2v) is 4.79. The van der Waals surface area contributed by atoms with Gasteiger partial charge in [0.15, 0.2) is 5.69 Å². The van der Waals surface area contributed by atoms with Crippen LogP contribution in [0.15, 0.2) is 6.20 Å². The average Bonchev–Trinajstić information content (AvgIpc) is 2.69. The number of anilines is 1. The predicted molar refractivity (Wildman–Crippen MR) is 66.6 cm³/mol. The van der Waals surface area contributed by atoms with Crippen LogP contribution in [0, 0.1) is 5.92 Å². The molecule has 94 valence electrons. The zero-order chi connectivity index (χ0) is 12.4. The minimum atomic E-state index is -0.0266. The van der Waals surface area contributed by atoms with Crippen LogP contribution in [0.5, 0.6) is 0 Å². The molecule has 2 N–H and O–H groups in total. The van der Waals surface area contributed by atoms with E-state index >= 15 is 0 Å². The first kappa shape index (κ1) is 12.0. The van der Waals surface area contributed by atoms with E-state index in [1.165, 1.54) is 6.42 Å². The van der Waals surface area contributed by atoms with Gasteiger partial charge in [0.25, 0.3) is 5.91 Å². The quantitative estimate of drug-likeness (QED) is 0.843. The monoisotopic (exact) mass is 236 g/mol. The summed E-state index contributed by atoms with van der Waals surface area (Å²) >= 11 is 0. The number of rotatable bonds is 2. The molecule has 1 saturated heterocycles. The van der Waals surface area contributed by atoms with Crippen molar-refractivity contribution in [2.75, 3.05) is 18.8 Å². The Morgan fingerprint density at radius 1 is 1.65 bits per heavy atom. The average molecular weight is 236 g/mol. The molecule has 5 nitrogen and oxygen atoms in total. The normalized spacial score (nSPS) is 20.6. The summed E-state index contributed by atoms with van der Waals surface area (Å²) in [6.45, 7) is 6.52. The van der Waals surface area contributed by atoms with E-state index in [0.29, 0.717) is 17.3 Å². The molecule has 0 spiro atoms. The van der Waals surface area contributed by atoms with Gasteiger partial charge >= 0.3 is 0 Å². The fraction of sp³-hybridized carbons (Fsp3) is 0.667. The molecule has 0 saturated carbocycles. The number of nitrogens with two attached hydrogens (primary N) is 1. The molecular formula is C12H20N4O. The molecule has 1 aromatic heterocycles. The Morgan fingerprint density at radius 2 is 2.41 bits per heavy atom. The summed E-state index contributed by atoms with van der Waals surface area (Å²) in [5.74, 6) is 0.545. The molecular weight excluding hydrogens is 216 g/mol. The number of aromatic nitrogens is 2. The molecule has 17 heavy (non-hydrogen) atoms. The summed E-state index contributed by atoms with van der Waals surface area (Å²) in [4.78, 5) is 14.1. The molecule has 2 heterocycles. The van der Waals surface area contributed by atoms with E-state index in [1.807, 2.05) is 11.8 Å². The third-order valence-corrected chi connectivity index (χ3v) is 3.26. The van der Waals surface area contributed by atoms with Crippen LogP contribution in [-0.2, 0) is 6.54 Å². The summed E-state index contributed by atoms with van der Waals surface area (Å²) in [5, 5.41) is 4.23. The molecule has 1 aromatic rings. The first-order valence-electron chi connectivity index (χ1n) is 6.24. The Labute approximate surface area is 102 Å². The lowest BCUT2D eigenvalue weighted by atomic mass is 10.00. The van der Waals surface area contributed by atoms with Gasteiger partial charge < -0.3 is 10.6 Å². The van der Waals surface area contributed by atoms with E-state index in [2.05, 4.69) is 12.0 Å². The fourth-order valence-electron chi connectivity index (χ4n) is 2.29. The van der Waals surface area contributed by atoms with Crippen molar-refractivity contribution in [3.8, 4) is 0 Å². The second-order valence-electron chi connectivity index (χ2n) is 4.79. The molecule has 1 aliphatic rings. The Hall–Kier alpha value is -1.52. The molecule has 1 fully saturated rings. The molecule has 1 unspecified atom stereocenters. The van der Waals surface area contributed by atoms with E-state index < -0.39 is 0 Å². The smallest absolute Gasteiger partial charge is 0.276 e. The summed E-state index contributed by atoms with van der Waals surface area (Å²) in [6, 6.07) is 0. The van der Waals surface area contributed by atoms with Gasteiger partial charge in [-0.2, -0.15) is 5.10 Å². The Morgan fingerprint density at radius 3 is 3.00 bits per heavy atom. The Kier molecular flexibility index (Phi) is 3.36. The molecule has 2 rings (SSSR count). The van der Waals surface area contributed by atoms with Gasteiger partial charge in [-0.05, 0) is 25.7 Å². The van der Waals surface area contributed by atoms with E-state index in [-0.39, 0.29) is 5.91 Å². The highest BCUT2D eigenvalue weighted by molar-refractivity contribution is 5.97. The van der Waals surface area contributed by atoms with Crippen LogP contribution in [0.25, 0.3) is 0 Å². The van der Waals surface area contributed by atoms with Gasteiger partial charge in [-0.3, -0.25) is 9.48 Å². The summed E-state index contributed by atoms with van der Waals surface area (Å²) in [7, 11) is 0. The first-order chi connectivity index (χ1) is 8.11. The number of amides is 1. The standard InChI is InChI=1S/C12H20N4O/c1-3-16-8-10(13)11(14-16)12(17)15-6-4-5-9(2)7-15/h8-9H,3-7,13H2,1-2H3. The highest BCUT2D eigenvalue weighted by atomic mass is 16.2. The van der Waals surface area contributed by atoms with Crippen LogP contribution in [0.1, 0.15) is 37.2 Å². The van der Waals surface area contributed by atoms with Gasteiger partial charge in [0.05, 0.1) is 5.69 Å². The van der Waals surface area contributed by atoms with Gasteiger partial charge in [-0.1, -0.05) is 6.92 Å². The topological polar surface area (TPSA) is 64.2 Å². The van der Waals surface area contributed by atoms with E-state index in [9.17, 15) is 4.79 Å². The lowest BCUT2D eigenvalue weighted by Gasteiger charge is -2.30. The third kappa shape index (κ3) is 2.43. The molecule has 1 amide bonds. The number of aryl methyl sites for hydroxylation is 1. The van der Waals surface area contributed by atoms with Gasteiger partial charge in [-0.25, -0.2) is 0 Å². The predicted octanol–water partition coefficient (Wildman–Crippen LogP) is 1.36. The van der Waals surface area contributed by atoms with Crippen molar-refractivity contribution in [3.05, 3.63) is 11.9 Å². The van der Waals surface area contributed by atoms with Gasteiger partial charge in [-0.15, -0.1) is 0 Å². The largest absolute Gasteiger partial charge is 0.396 e. The second kappa shape index (κ2) is 4.77. The maximum absolute atomic E-state index is 12.3. The van der Waals surface area contributed by atoms with Crippen molar-refractivity contribution < 1.29 is 4.79 Å². The number of hydrogen-bond acceptors (Lipinski definition) is 3. The van der Waals surface area contributed by atoms with Crippen molar-refractivity contribution in [1.82, 2.24) is 14.7 Å². The lowest BCUT2D eigenvalue weighted by Crippen LogP contribution is -2.39. The Balaban J connectivity index is 2.15. The summed E-state index contributed by atoms with van der Waals surface area (Å²) in [6.07, 6.45) is 3.99. The summed E-state index contributed by atoms with van der Waals surface area (Å²) in [5.41, 5.74) is 6.71. The number of carbonyl (C=O) groups excluding carboxylic acids is 1. The SMILES string of the molecule is CCn1cc(N)c(C(=O)N2CCCC(C)C2)n1. The number of nitrogens with zero attached hydrogens (tertiary/aromatic N) is 3. The number of carbonyl (C=O) groups is 1. The molecule has 0 aromatic carbocycles. The van der Waals surface area contributed by atoms with Crippen LogP contribution < -0.4 is 5.73 Å². The highest BCUT2D eigenvalue weighted by Crippen LogP contribution is 2.19. The molecule has 0 aliphatic carbocycles. The fourth-order valence-corrected chi connectivity index (χ4v) is 2.29. The third-order valence-electron chi connectivity index (χ3n) is 3.26. The highest BCUT2D eigenvalue weighted by Gasteiger charge is 2.25. The van der Waals surface area contributed by atoms with E-state index in [1.54, 1.807) is 10.9 Å². The minimum absolute atomic E-state index is 0.0266. The van der Waals surface area contributed by atoms with Gasteiger partial charge in [0.1, 0.15) is 0 Å². The molecule has 0 bridgehead atoms. The molecule has 5 heteroatoms. The van der Waals surface area contributed by atoms with Crippen molar-refractivity contribution in [1.29, 1.82) is 0 Å². The number of nitrogen functional groups attached to an aromatic ring is 1. The van der Waals surface area contributed by atoms with Gasteiger partial charge in [0, 0.05) is 25.8 Å². The van der Waals surface area contributed by atoms with Crippen LogP contribution >= 0.6 is 0 Å². The number of likely N-dealkylation sites (tertiary alicyclic amines) is 1. The minimum Gasteiger partial charge on any atom is -0.396 e. The van der Waals surface area contributed by atoms with E-state index in [0.717, 1.165) is 26.1 Å². The van der Waals surface area contributed by atoms with Crippen molar-refractivity contribution >= 4 is 11.6 Å². The van der Waals surface area contributed by atoms with Crippen molar-refractivity contribution in [2.24, 2.45) is 5.92 Å². The van der Waals surface area contributed by atoms with Gasteiger partial charge in [0.2, 0.25) is 0 Å². The lowest BCUT2D eigenvalue weighted by molar-refractivity contribution is 0.0677.